The monoisotopic (exact) mass is 1410 g/mol. The van der Waals surface area contributed by atoms with Crippen LogP contribution in [0.4, 0.5) is 5.69 Å². The lowest BCUT2D eigenvalue weighted by Crippen LogP contribution is -2.35. The minimum absolute atomic E-state index is 0.00832. The lowest BCUT2D eigenvalue weighted by Gasteiger charge is -2.30. The number of anilines is 1. The number of nitrogens with zero attached hydrogens (tertiary/aromatic N) is 3. The van der Waals surface area contributed by atoms with Crippen molar-refractivity contribution in [3.63, 3.8) is 0 Å². The molecule has 1 aromatic carbocycles. The Morgan fingerprint density at radius 1 is 0.611 bits per heavy atom. The second-order valence-corrected chi connectivity index (χ2v) is 27.6. The van der Waals surface area contributed by atoms with Crippen LogP contribution in [0.2, 0.25) is 0 Å². The molecule has 5 rings (SSSR count). The van der Waals surface area contributed by atoms with Gasteiger partial charge in [0.1, 0.15) is 24.7 Å². The number of methoxy groups -OCH3 is 1. The average Bonchev–Trinajstić information content (AvgIpc) is 1.60. The largest absolute Gasteiger partial charge is 0.456 e. The molecule has 0 spiro atoms. The van der Waals surface area contributed by atoms with Crippen LogP contribution in [0.15, 0.2) is 69.6 Å². The van der Waals surface area contributed by atoms with Crippen LogP contribution in [0.3, 0.4) is 0 Å². The van der Waals surface area contributed by atoms with Crippen molar-refractivity contribution in [2.75, 3.05) is 195 Å². The van der Waals surface area contributed by atoms with Crippen LogP contribution in [0.25, 0.3) is 17.4 Å². The van der Waals surface area contributed by atoms with Gasteiger partial charge in [-0.15, -0.1) is 5.06 Å². The van der Waals surface area contributed by atoms with Gasteiger partial charge in [-0.05, 0) is 78.8 Å². The number of hydrogen-bond acceptors (Lipinski definition) is 24. The predicted molar refractivity (Wildman–Crippen MR) is 346 cm³/mol. The molecule has 3 heterocycles. The van der Waals surface area contributed by atoms with Gasteiger partial charge in [-0.3, -0.25) is 23.2 Å². The van der Waals surface area contributed by atoms with Crippen molar-refractivity contribution < 1.29 is 119 Å². The highest BCUT2D eigenvalue weighted by Gasteiger charge is 2.44. The van der Waals surface area contributed by atoms with Crippen molar-refractivity contribution in [1.29, 1.82) is 0 Å². The van der Waals surface area contributed by atoms with Crippen molar-refractivity contribution in [2.45, 2.75) is 81.9 Å². The first-order chi connectivity index (χ1) is 45.3. The van der Waals surface area contributed by atoms with Crippen molar-refractivity contribution in [2.24, 2.45) is 0 Å². The molecule has 1 aliphatic carbocycles. The molecule has 4 aliphatic rings. The molecular formula is C63H96N3O26S3+. The van der Waals surface area contributed by atoms with E-state index in [2.05, 4.69) is 20.8 Å². The number of fused-ring (bicyclic) bond motifs is 2. The molecule has 0 radical (unpaired) electrons. The summed E-state index contributed by atoms with van der Waals surface area (Å²) in [6.45, 7) is 16.4. The SMILES string of the molecule is COCCOCCOCCOCCOCCOCC[N+](CCCS(=O)(=O)O)=c1ccc2c(C(C)(C)C)cc(/C=C/C=C3/N(CCOCCOCCOCCOCCOCCOCCC(=O)ON4C(=O)CCC4=O)c4ccc(S(=O)(=O)O)cc4C3(C)CCCS(=O)(=O)O)oc-2c1. The fraction of sp³-hybridized carbons (Fsp3) is 0.651. The Kier molecular flexibility index (Phi) is 35.5. The molecule has 1 aromatic rings. The molecule has 0 aromatic heterocycles. The number of hydrogen-bond donors (Lipinski definition) is 3. The molecule has 29 nitrogen and oxygen atoms in total. The highest BCUT2D eigenvalue weighted by atomic mass is 32.2. The van der Waals surface area contributed by atoms with E-state index in [9.17, 15) is 53.3 Å². The number of ether oxygens (including phenoxy) is 12. The molecule has 32 heteroatoms. The minimum Gasteiger partial charge on any atom is -0.456 e. The van der Waals surface area contributed by atoms with Gasteiger partial charge in [-0.1, -0.05) is 26.8 Å². The van der Waals surface area contributed by atoms with Gasteiger partial charge in [-0.2, -0.15) is 25.3 Å². The number of rotatable bonds is 51. The molecular weight excluding hydrogens is 1310 g/mol. The van der Waals surface area contributed by atoms with Crippen LogP contribution in [0.5, 0.6) is 0 Å². The maximum atomic E-state index is 12.6. The quantitative estimate of drug-likeness (QED) is 0.0309. The van der Waals surface area contributed by atoms with E-state index in [1.165, 1.54) is 12.1 Å². The smallest absolute Gasteiger partial charge is 0.335 e. The van der Waals surface area contributed by atoms with Crippen LogP contribution in [-0.2, 0) is 117 Å². The first-order valence-electron chi connectivity index (χ1n) is 31.6. The van der Waals surface area contributed by atoms with Gasteiger partial charge in [0.25, 0.3) is 42.2 Å². The first kappa shape index (κ1) is 80.5. The highest BCUT2D eigenvalue weighted by Crippen LogP contribution is 2.51. The summed E-state index contributed by atoms with van der Waals surface area (Å²) < 4.78 is 177. The Balaban J connectivity index is 1.18. The summed E-state index contributed by atoms with van der Waals surface area (Å²) >= 11 is 0. The third-order valence-electron chi connectivity index (χ3n) is 14.8. The zero-order valence-corrected chi connectivity index (χ0v) is 57.6. The number of amides is 2. The van der Waals surface area contributed by atoms with E-state index in [4.69, 9.17) is 66.1 Å². The molecule has 536 valence electrons. The summed E-state index contributed by atoms with van der Waals surface area (Å²) in [6, 6.07) is 11.9. The second kappa shape index (κ2) is 41.9. The van der Waals surface area contributed by atoms with E-state index >= 15 is 0 Å². The minimum atomic E-state index is -4.67. The van der Waals surface area contributed by atoms with E-state index < -0.39 is 65.1 Å². The number of hydroxylamine groups is 2. The topological polar surface area (TPSA) is 357 Å². The zero-order valence-electron chi connectivity index (χ0n) is 55.1. The van der Waals surface area contributed by atoms with Crippen molar-refractivity contribution >= 4 is 59.9 Å². The normalized spacial score (nSPS) is 16.4. The molecule has 3 aliphatic heterocycles. The maximum absolute atomic E-state index is 12.6. The lowest BCUT2D eigenvalue weighted by molar-refractivity contribution is -0.198. The summed E-state index contributed by atoms with van der Waals surface area (Å²) in [6.07, 6.45) is 5.53. The van der Waals surface area contributed by atoms with Crippen LogP contribution in [0, 0.1) is 0 Å². The summed E-state index contributed by atoms with van der Waals surface area (Å²) in [5.41, 5.74) is 2.06. The Morgan fingerprint density at radius 2 is 1.09 bits per heavy atom. The highest BCUT2D eigenvalue weighted by molar-refractivity contribution is 7.86. The molecule has 0 saturated carbocycles. The molecule has 3 N–H and O–H groups in total. The maximum Gasteiger partial charge on any atom is 0.335 e. The van der Waals surface area contributed by atoms with Gasteiger partial charge in [0.05, 0.1) is 174 Å². The first-order valence-corrected chi connectivity index (χ1v) is 36.2. The molecule has 1 atom stereocenters. The second-order valence-electron chi connectivity index (χ2n) is 23.1. The van der Waals surface area contributed by atoms with Crippen molar-refractivity contribution in [3.05, 3.63) is 82.6 Å². The number of carbonyl (C=O) groups excluding carboxylic acids is 3. The Bertz CT molecular complexity index is 3280. The summed E-state index contributed by atoms with van der Waals surface area (Å²) in [5, 5.41) is 1.20. The van der Waals surface area contributed by atoms with Crippen molar-refractivity contribution in [3.8, 4) is 11.3 Å². The van der Waals surface area contributed by atoms with Gasteiger partial charge in [-0.25, -0.2) is 9.37 Å². The summed E-state index contributed by atoms with van der Waals surface area (Å²) in [4.78, 5) is 41.3. The molecule has 1 unspecified atom stereocenters. The fourth-order valence-corrected chi connectivity index (χ4v) is 11.6. The molecule has 1 fully saturated rings. The Morgan fingerprint density at radius 3 is 1.59 bits per heavy atom. The number of allylic oxidation sites excluding steroid dienone is 3. The lowest BCUT2D eigenvalue weighted by atomic mass is 9.77. The van der Waals surface area contributed by atoms with Crippen LogP contribution in [-0.4, -0.2) is 252 Å². The van der Waals surface area contributed by atoms with Gasteiger partial charge in [0, 0.05) is 61.3 Å². The molecule has 2 amide bonds. The van der Waals surface area contributed by atoms with Gasteiger partial charge < -0.3 is 71.0 Å². The summed E-state index contributed by atoms with van der Waals surface area (Å²) in [5.74, 6) is -1.86. The summed E-state index contributed by atoms with van der Waals surface area (Å²) in [7, 11) is -11.7. The predicted octanol–water partition coefficient (Wildman–Crippen LogP) is 4.15. The number of carbonyl (C=O) groups is 3. The van der Waals surface area contributed by atoms with E-state index in [0.717, 1.165) is 11.1 Å². The molecule has 95 heavy (non-hydrogen) atoms. The van der Waals surface area contributed by atoms with Crippen LogP contribution in [0.1, 0.15) is 83.1 Å². The third kappa shape index (κ3) is 30.2. The number of benzene rings is 2. The standard InChI is InChI=1S/C63H95N3O26S3/c1-62(2,3)54-48-51(91-57-47-50(11-13-53(54)57)64(19-8-46-94(73,74)75)20-23-81-28-31-85-36-39-89-42-41-87-34-33-83-26-25-79-5)9-6-10-58-63(4,18-7-45-93(70,71)72)55-49-52(95(76,77)78)12-14-56(55)65(58)21-24-82-29-32-86-37-40-90-44-43-88-38-35-84-30-27-80-22-17-61(69)92-66-59(67)15-16-60(66)68/h6,9-14,47-49H,7-8,15-46H2,1-5H3,(H2-,70,71,72,73,74,75,76,77,78)/p+1. The van der Waals surface area contributed by atoms with E-state index in [1.54, 1.807) is 25.3 Å². The van der Waals surface area contributed by atoms with E-state index in [-0.39, 0.29) is 115 Å². The van der Waals surface area contributed by atoms with Gasteiger partial charge >= 0.3 is 5.97 Å². The van der Waals surface area contributed by atoms with Gasteiger partial charge in [0.2, 0.25) is 5.36 Å². The van der Waals surface area contributed by atoms with Crippen molar-refractivity contribution in [1.82, 2.24) is 9.64 Å². The van der Waals surface area contributed by atoms with Crippen LogP contribution >= 0.6 is 0 Å². The van der Waals surface area contributed by atoms with Crippen LogP contribution < -0.4 is 14.8 Å². The fourth-order valence-electron chi connectivity index (χ4n) is 10.1. The molecule has 0 bridgehead atoms. The van der Waals surface area contributed by atoms with E-state index in [0.29, 0.717) is 145 Å². The van der Waals surface area contributed by atoms with Gasteiger partial charge in [0.15, 0.2) is 6.54 Å². The molecule has 1 saturated heterocycles. The average molecular weight is 1410 g/mol. The van der Waals surface area contributed by atoms with E-state index in [1.807, 2.05) is 46.7 Å². The Labute approximate surface area is 557 Å². The number of imide groups is 1. The third-order valence-corrected chi connectivity index (χ3v) is 17.2. The zero-order chi connectivity index (χ0) is 69.2. The Hall–Kier alpha value is -5.21.